The highest BCUT2D eigenvalue weighted by molar-refractivity contribution is 9.10. The number of aromatic nitrogens is 2. The first kappa shape index (κ1) is 11.6. The Morgan fingerprint density at radius 2 is 2.31 bits per heavy atom. The van der Waals surface area contributed by atoms with Crippen molar-refractivity contribution in [2.75, 3.05) is 6.61 Å². The molecule has 1 saturated heterocycles. The topological polar surface area (TPSA) is 84.3 Å². The molecule has 1 aromatic heterocycles. The van der Waals surface area contributed by atoms with Gasteiger partial charge in [0.05, 0.1) is 17.2 Å². The number of H-pyrrole nitrogens is 1. The fraction of sp³-hybridized carbons (Fsp3) is 0.556. The average molecular weight is 291 g/mol. The number of ether oxygens (including phenoxy) is 1. The van der Waals surface area contributed by atoms with E-state index in [0.29, 0.717) is 12.8 Å². The summed E-state index contributed by atoms with van der Waals surface area (Å²) in [6.45, 7) is -0.0597. The normalized spacial score (nSPS) is 24.9. The molecule has 0 unspecified atom stereocenters. The highest BCUT2D eigenvalue weighted by Crippen LogP contribution is 2.26. The number of hydrogen-bond acceptors (Lipinski definition) is 4. The van der Waals surface area contributed by atoms with Crippen LogP contribution in [0.15, 0.2) is 20.3 Å². The Morgan fingerprint density at radius 1 is 1.56 bits per heavy atom. The van der Waals surface area contributed by atoms with Gasteiger partial charge in [0, 0.05) is 6.20 Å². The van der Waals surface area contributed by atoms with Gasteiger partial charge in [-0.3, -0.25) is 14.3 Å². The lowest BCUT2D eigenvalue weighted by atomic mass is 10.2. The Bertz CT molecular complexity index is 495. The number of aliphatic hydroxyl groups excluding tert-OH is 1. The van der Waals surface area contributed by atoms with Crippen LogP contribution in [0, 0.1) is 0 Å². The number of nitrogens with zero attached hydrogens (tertiary/aromatic N) is 1. The Labute approximate surface area is 99.0 Å². The van der Waals surface area contributed by atoms with Crippen LogP contribution in [0.5, 0.6) is 0 Å². The second kappa shape index (κ2) is 4.52. The molecule has 0 aliphatic carbocycles. The molecule has 7 heteroatoms. The van der Waals surface area contributed by atoms with Crippen molar-refractivity contribution in [3.63, 3.8) is 0 Å². The molecule has 2 N–H and O–H groups in total. The zero-order valence-electron chi connectivity index (χ0n) is 8.35. The first-order chi connectivity index (χ1) is 7.61. The fourth-order valence-corrected chi connectivity index (χ4v) is 2.02. The second-order valence-corrected chi connectivity index (χ2v) is 4.47. The lowest BCUT2D eigenvalue weighted by molar-refractivity contribution is -0.0247. The van der Waals surface area contributed by atoms with Crippen molar-refractivity contribution in [1.82, 2.24) is 9.55 Å². The summed E-state index contributed by atoms with van der Waals surface area (Å²) in [5, 5.41) is 8.92. The molecule has 0 radical (unpaired) electrons. The summed E-state index contributed by atoms with van der Waals surface area (Å²) in [5.74, 6) is 0. The number of aliphatic hydroxyl groups is 1. The molecule has 2 heterocycles. The van der Waals surface area contributed by atoms with Gasteiger partial charge in [0.25, 0.3) is 5.56 Å². The van der Waals surface area contributed by atoms with E-state index in [9.17, 15) is 9.59 Å². The minimum absolute atomic E-state index is 0.0597. The highest BCUT2D eigenvalue weighted by atomic mass is 79.9. The number of hydrogen-bond donors (Lipinski definition) is 2. The molecule has 0 bridgehead atoms. The molecule has 0 amide bonds. The highest BCUT2D eigenvalue weighted by Gasteiger charge is 2.26. The van der Waals surface area contributed by atoms with Crippen LogP contribution in [0.25, 0.3) is 0 Å². The van der Waals surface area contributed by atoms with Gasteiger partial charge in [-0.1, -0.05) is 0 Å². The largest absolute Gasteiger partial charge is 0.394 e. The van der Waals surface area contributed by atoms with Gasteiger partial charge < -0.3 is 9.84 Å². The van der Waals surface area contributed by atoms with Crippen molar-refractivity contribution in [2.45, 2.75) is 25.2 Å². The summed E-state index contributed by atoms with van der Waals surface area (Å²) in [4.78, 5) is 24.8. The van der Waals surface area contributed by atoms with Gasteiger partial charge in [-0.25, -0.2) is 4.79 Å². The smallest absolute Gasteiger partial charge is 0.330 e. The predicted molar refractivity (Wildman–Crippen MR) is 59.3 cm³/mol. The van der Waals surface area contributed by atoms with Crippen LogP contribution >= 0.6 is 15.9 Å². The molecule has 6 nitrogen and oxygen atoms in total. The van der Waals surface area contributed by atoms with E-state index >= 15 is 0 Å². The van der Waals surface area contributed by atoms with E-state index in [2.05, 4.69) is 20.9 Å². The summed E-state index contributed by atoms with van der Waals surface area (Å²) in [5.41, 5.74) is -0.963. The third-order valence-corrected chi connectivity index (χ3v) is 3.09. The molecule has 1 aliphatic heterocycles. The first-order valence-corrected chi connectivity index (χ1v) is 5.68. The van der Waals surface area contributed by atoms with Crippen LogP contribution in [0.4, 0.5) is 0 Å². The molecule has 0 aromatic carbocycles. The van der Waals surface area contributed by atoms with E-state index in [-0.39, 0.29) is 17.2 Å². The van der Waals surface area contributed by atoms with Gasteiger partial charge in [-0.05, 0) is 28.8 Å². The van der Waals surface area contributed by atoms with Crippen LogP contribution in [0.1, 0.15) is 19.1 Å². The summed E-state index contributed by atoms with van der Waals surface area (Å²) in [6.07, 6.45) is 2.10. The predicted octanol–water partition coefficient (Wildman–Crippen LogP) is -0.0310. The number of rotatable bonds is 2. The average Bonchev–Trinajstić information content (AvgIpc) is 2.71. The molecule has 2 rings (SSSR count). The van der Waals surface area contributed by atoms with Gasteiger partial charge in [0.1, 0.15) is 6.23 Å². The SMILES string of the molecule is O=c1[nH]c(=O)n([C@@H]2CC[C@@H](CO)O2)cc1Br. The van der Waals surface area contributed by atoms with Crippen LogP contribution in [-0.4, -0.2) is 27.4 Å². The van der Waals surface area contributed by atoms with Crippen molar-refractivity contribution in [3.05, 3.63) is 31.5 Å². The molecule has 1 fully saturated rings. The molecular formula is C9H11BrN2O4. The maximum Gasteiger partial charge on any atom is 0.330 e. The Hall–Kier alpha value is -0.920. The Kier molecular flexibility index (Phi) is 3.27. The van der Waals surface area contributed by atoms with E-state index in [1.807, 2.05) is 0 Å². The molecule has 1 aromatic rings. The second-order valence-electron chi connectivity index (χ2n) is 3.62. The zero-order chi connectivity index (χ0) is 11.7. The van der Waals surface area contributed by atoms with Gasteiger partial charge in [0.15, 0.2) is 0 Å². The maximum atomic E-state index is 11.5. The molecule has 16 heavy (non-hydrogen) atoms. The molecule has 2 atom stereocenters. The number of aromatic amines is 1. The minimum Gasteiger partial charge on any atom is -0.394 e. The lowest BCUT2D eigenvalue weighted by Gasteiger charge is -2.14. The summed E-state index contributed by atoms with van der Waals surface area (Å²) >= 11 is 3.05. The third kappa shape index (κ3) is 2.11. The van der Waals surface area contributed by atoms with E-state index in [0.717, 1.165) is 0 Å². The molecular weight excluding hydrogens is 280 g/mol. The summed E-state index contributed by atoms with van der Waals surface area (Å²) < 4.78 is 7.04. The van der Waals surface area contributed by atoms with Crippen LogP contribution in [0.2, 0.25) is 0 Å². The number of halogens is 1. The van der Waals surface area contributed by atoms with Gasteiger partial charge in [-0.2, -0.15) is 0 Å². The number of nitrogens with one attached hydrogen (secondary N) is 1. The third-order valence-electron chi connectivity index (χ3n) is 2.52. The minimum atomic E-state index is -0.503. The first-order valence-electron chi connectivity index (χ1n) is 4.89. The Morgan fingerprint density at radius 3 is 2.94 bits per heavy atom. The van der Waals surface area contributed by atoms with E-state index in [1.54, 1.807) is 0 Å². The maximum absolute atomic E-state index is 11.5. The van der Waals surface area contributed by atoms with Crippen molar-refractivity contribution in [2.24, 2.45) is 0 Å². The van der Waals surface area contributed by atoms with Crippen molar-refractivity contribution >= 4 is 15.9 Å². The quantitative estimate of drug-likeness (QED) is 0.801. The van der Waals surface area contributed by atoms with Crippen molar-refractivity contribution in [3.8, 4) is 0 Å². The molecule has 0 saturated carbocycles. The van der Waals surface area contributed by atoms with E-state index in [4.69, 9.17) is 9.84 Å². The zero-order valence-corrected chi connectivity index (χ0v) is 9.94. The van der Waals surface area contributed by atoms with Crippen LogP contribution < -0.4 is 11.2 Å². The van der Waals surface area contributed by atoms with Crippen LogP contribution in [-0.2, 0) is 4.74 Å². The van der Waals surface area contributed by atoms with Crippen LogP contribution in [0.3, 0.4) is 0 Å². The fourth-order valence-electron chi connectivity index (χ4n) is 1.70. The lowest BCUT2D eigenvalue weighted by Crippen LogP contribution is -2.32. The molecule has 0 spiro atoms. The summed E-state index contributed by atoms with van der Waals surface area (Å²) in [6, 6.07) is 0. The van der Waals surface area contributed by atoms with Gasteiger partial charge in [0.2, 0.25) is 0 Å². The van der Waals surface area contributed by atoms with E-state index in [1.165, 1.54) is 10.8 Å². The standard InChI is InChI=1S/C9H11BrN2O4/c10-6-3-12(9(15)11-8(6)14)7-2-1-5(4-13)16-7/h3,5,7,13H,1-2,4H2,(H,11,14,15)/t5-,7-/m0/s1. The van der Waals surface area contributed by atoms with Gasteiger partial charge in [-0.15, -0.1) is 0 Å². The van der Waals surface area contributed by atoms with Gasteiger partial charge >= 0.3 is 5.69 Å². The molecule has 1 aliphatic rings. The summed E-state index contributed by atoms with van der Waals surface area (Å²) in [7, 11) is 0. The Balaban J connectivity index is 2.32. The molecule has 88 valence electrons. The van der Waals surface area contributed by atoms with Crippen molar-refractivity contribution < 1.29 is 9.84 Å². The van der Waals surface area contributed by atoms with Crippen molar-refractivity contribution in [1.29, 1.82) is 0 Å². The van der Waals surface area contributed by atoms with E-state index < -0.39 is 17.5 Å². The monoisotopic (exact) mass is 290 g/mol.